The largest absolute Gasteiger partial charge is 0.434 e. The molecule has 0 fully saturated rings. The zero-order chi connectivity index (χ0) is 12.3. The van der Waals surface area contributed by atoms with Gasteiger partial charge in [0.15, 0.2) is 0 Å². The molecule has 0 saturated carbocycles. The van der Waals surface area contributed by atoms with E-state index in [-0.39, 0.29) is 11.5 Å². The van der Waals surface area contributed by atoms with Crippen LogP contribution in [0.5, 0.6) is 5.75 Å². The molecule has 88 valence electrons. The topological polar surface area (TPSA) is 26.3 Å². The Labute approximate surface area is 108 Å². The van der Waals surface area contributed by atoms with E-state index in [1.54, 1.807) is 12.1 Å². The van der Waals surface area contributed by atoms with Gasteiger partial charge in [0.2, 0.25) is 0 Å². The standard InChI is InChI=1S/C10H8Br2F2O2/c1-5(15)9(12)7-3-2-6(11)4-8(7)16-10(13)14/h2-4,9-10H,1H3. The zero-order valence-corrected chi connectivity index (χ0v) is 11.4. The molecule has 0 bridgehead atoms. The minimum absolute atomic E-state index is 0.0125. The Hall–Kier alpha value is -0.490. The fraction of sp³-hybridized carbons (Fsp3) is 0.300. The average molecular weight is 358 g/mol. The highest BCUT2D eigenvalue weighted by Gasteiger charge is 2.19. The van der Waals surface area contributed by atoms with E-state index in [0.29, 0.717) is 10.0 Å². The summed E-state index contributed by atoms with van der Waals surface area (Å²) in [5.74, 6) is -0.192. The third kappa shape index (κ3) is 3.52. The van der Waals surface area contributed by atoms with Crippen molar-refractivity contribution >= 4 is 37.6 Å². The molecule has 1 rings (SSSR count). The normalized spacial score (nSPS) is 12.6. The van der Waals surface area contributed by atoms with E-state index in [9.17, 15) is 13.6 Å². The van der Waals surface area contributed by atoms with E-state index in [1.165, 1.54) is 13.0 Å². The van der Waals surface area contributed by atoms with Crippen molar-refractivity contribution in [3.8, 4) is 5.75 Å². The number of hydrogen-bond donors (Lipinski definition) is 0. The van der Waals surface area contributed by atoms with Gasteiger partial charge in [-0.15, -0.1) is 0 Å². The molecule has 0 heterocycles. The Morgan fingerprint density at radius 2 is 2.06 bits per heavy atom. The average Bonchev–Trinajstić information content (AvgIpc) is 2.15. The Morgan fingerprint density at radius 1 is 1.44 bits per heavy atom. The number of alkyl halides is 3. The lowest BCUT2D eigenvalue weighted by Gasteiger charge is -2.13. The van der Waals surface area contributed by atoms with Crippen molar-refractivity contribution in [3.05, 3.63) is 28.2 Å². The van der Waals surface area contributed by atoms with Crippen LogP contribution < -0.4 is 4.74 Å². The second-order valence-electron chi connectivity index (χ2n) is 3.03. The Morgan fingerprint density at radius 3 is 2.56 bits per heavy atom. The summed E-state index contributed by atoms with van der Waals surface area (Å²) in [6.45, 7) is -1.55. The number of ether oxygens (including phenoxy) is 1. The summed E-state index contributed by atoms with van der Waals surface area (Å²) < 4.78 is 29.3. The van der Waals surface area contributed by atoms with E-state index in [1.807, 2.05) is 0 Å². The molecular formula is C10H8Br2F2O2. The van der Waals surface area contributed by atoms with Crippen LogP contribution in [0.25, 0.3) is 0 Å². The molecule has 0 N–H and O–H groups in total. The predicted octanol–water partition coefficient (Wildman–Crippen LogP) is 4.08. The van der Waals surface area contributed by atoms with Crippen LogP contribution in [0.4, 0.5) is 8.78 Å². The molecule has 0 spiro atoms. The first-order chi connectivity index (χ1) is 7.41. The molecule has 0 aliphatic carbocycles. The Kier molecular flexibility index (Phi) is 4.86. The Bertz CT molecular complexity index is 396. The molecule has 0 radical (unpaired) electrons. The van der Waals surface area contributed by atoms with Crippen molar-refractivity contribution in [2.45, 2.75) is 18.4 Å². The van der Waals surface area contributed by atoms with Crippen molar-refractivity contribution in [2.24, 2.45) is 0 Å². The summed E-state index contributed by atoms with van der Waals surface area (Å²) in [5.41, 5.74) is 0.385. The first kappa shape index (κ1) is 13.6. The SMILES string of the molecule is CC(=O)C(Br)c1ccc(Br)cc1OC(F)F. The summed E-state index contributed by atoms with van der Waals surface area (Å²) in [6.07, 6.45) is 0. The van der Waals surface area contributed by atoms with Crippen molar-refractivity contribution in [3.63, 3.8) is 0 Å². The molecular weight excluding hydrogens is 350 g/mol. The van der Waals surface area contributed by atoms with Crippen molar-refractivity contribution in [1.29, 1.82) is 0 Å². The molecule has 1 unspecified atom stereocenters. The van der Waals surface area contributed by atoms with E-state index in [0.717, 1.165) is 0 Å². The van der Waals surface area contributed by atoms with Gasteiger partial charge in [-0.3, -0.25) is 4.79 Å². The summed E-state index contributed by atoms with van der Waals surface area (Å²) in [4.78, 5) is 10.5. The molecule has 1 aromatic rings. The number of hydrogen-bond acceptors (Lipinski definition) is 2. The fourth-order valence-electron chi connectivity index (χ4n) is 1.13. The number of carbonyl (C=O) groups excluding carboxylic acids is 1. The third-order valence-electron chi connectivity index (χ3n) is 1.82. The van der Waals surface area contributed by atoms with Gasteiger partial charge in [-0.05, 0) is 19.1 Å². The van der Waals surface area contributed by atoms with Crippen LogP contribution in [-0.4, -0.2) is 12.4 Å². The van der Waals surface area contributed by atoms with Gasteiger partial charge in [0.05, 0.1) is 0 Å². The highest BCUT2D eigenvalue weighted by Crippen LogP contribution is 2.34. The molecule has 16 heavy (non-hydrogen) atoms. The summed E-state index contributed by atoms with van der Waals surface area (Å²) in [7, 11) is 0. The van der Waals surface area contributed by atoms with Crippen molar-refractivity contribution in [2.75, 3.05) is 0 Å². The monoisotopic (exact) mass is 356 g/mol. The van der Waals surface area contributed by atoms with Crippen LogP contribution in [0.3, 0.4) is 0 Å². The maximum atomic E-state index is 12.2. The molecule has 2 nitrogen and oxygen atoms in total. The molecule has 0 amide bonds. The first-order valence-corrected chi connectivity index (χ1v) is 6.01. The van der Waals surface area contributed by atoms with Crippen molar-refractivity contribution < 1.29 is 18.3 Å². The van der Waals surface area contributed by atoms with Crippen molar-refractivity contribution in [1.82, 2.24) is 0 Å². The molecule has 6 heteroatoms. The minimum atomic E-state index is -2.92. The Balaban J connectivity index is 3.11. The van der Waals surface area contributed by atoms with Gasteiger partial charge in [0.25, 0.3) is 0 Å². The molecule has 1 atom stereocenters. The second kappa shape index (κ2) is 5.72. The van der Waals surface area contributed by atoms with Crippen LogP contribution in [0, 0.1) is 0 Å². The molecule has 0 aromatic heterocycles. The summed E-state index contributed by atoms with van der Waals surface area (Å²) in [5, 5.41) is 0. The molecule has 0 aliphatic heterocycles. The van der Waals surface area contributed by atoms with Crippen LogP contribution in [0.1, 0.15) is 17.3 Å². The second-order valence-corrected chi connectivity index (χ2v) is 4.87. The minimum Gasteiger partial charge on any atom is -0.434 e. The third-order valence-corrected chi connectivity index (χ3v) is 3.45. The summed E-state index contributed by atoms with van der Waals surface area (Å²) in [6, 6.07) is 4.62. The van der Waals surface area contributed by atoms with Gasteiger partial charge >= 0.3 is 6.61 Å². The molecule has 0 aliphatic rings. The van der Waals surface area contributed by atoms with Gasteiger partial charge in [0, 0.05) is 10.0 Å². The van der Waals surface area contributed by atoms with E-state index in [4.69, 9.17) is 0 Å². The lowest BCUT2D eigenvalue weighted by Crippen LogP contribution is -2.08. The van der Waals surface area contributed by atoms with E-state index >= 15 is 0 Å². The number of ketones is 1. The maximum Gasteiger partial charge on any atom is 0.387 e. The van der Waals surface area contributed by atoms with Crippen LogP contribution in [-0.2, 0) is 4.79 Å². The highest BCUT2D eigenvalue weighted by molar-refractivity contribution is 9.10. The number of rotatable bonds is 4. The smallest absolute Gasteiger partial charge is 0.387 e. The van der Waals surface area contributed by atoms with Gasteiger partial charge in [-0.1, -0.05) is 37.9 Å². The van der Waals surface area contributed by atoms with Crippen LogP contribution in [0.15, 0.2) is 22.7 Å². The lowest BCUT2D eigenvalue weighted by molar-refractivity contribution is -0.116. The van der Waals surface area contributed by atoms with Crippen LogP contribution in [0.2, 0.25) is 0 Å². The molecule has 1 aromatic carbocycles. The maximum absolute atomic E-state index is 12.2. The quantitative estimate of drug-likeness (QED) is 0.759. The van der Waals surface area contributed by atoms with E-state index < -0.39 is 11.4 Å². The number of benzene rings is 1. The fourth-order valence-corrected chi connectivity index (χ4v) is 1.85. The summed E-state index contributed by atoms with van der Waals surface area (Å²) >= 11 is 6.27. The molecule has 0 saturated heterocycles. The lowest BCUT2D eigenvalue weighted by atomic mass is 10.1. The number of carbonyl (C=O) groups is 1. The van der Waals surface area contributed by atoms with Crippen LogP contribution >= 0.6 is 31.9 Å². The van der Waals surface area contributed by atoms with E-state index in [2.05, 4.69) is 36.6 Å². The van der Waals surface area contributed by atoms with Gasteiger partial charge in [-0.25, -0.2) is 0 Å². The first-order valence-electron chi connectivity index (χ1n) is 4.30. The van der Waals surface area contributed by atoms with Gasteiger partial charge in [0.1, 0.15) is 16.4 Å². The highest BCUT2D eigenvalue weighted by atomic mass is 79.9. The van der Waals surface area contributed by atoms with Gasteiger partial charge < -0.3 is 4.74 Å². The predicted molar refractivity (Wildman–Crippen MR) is 63.1 cm³/mol. The van der Waals surface area contributed by atoms with Gasteiger partial charge in [-0.2, -0.15) is 8.78 Å². The zero-order valence-electron chi connectivity index (χ0n) is 8.22. The number of Topliss-reactive ketones (excluding diaryl/α,β-unsaturated/α-hetero) is 1. The number of halogens is 4.